The Morgan fingerprint density at radius 3 is 2.96 bits per heavy atom. The van der Waals surface area contributed by atoms with Crippen LogP contribution in [-0.2, 0) is 14.9 Å². The first kappa shape index (κ1) is 17.7. The molecule has 0 aliphatic carbocycles. The van der Waals surface area contributed by atoms with Crippen molar-refractivity contribution in [2.45, 2.75) is 17.7 Å². The number of rotatable bonds is 7. The average Bonchev–Trinajstić information content (AvgIpc) is 2.94. The fraction of sp³-hybridized carbons (Fsp3) is 0.429. The summed E-state index contributed by atoms with van der Waals surface area (Å²) in [7, 11) is -2.97. The fourth-order valence-electron chi connectivity index (χ4n) is 2.46. The lowest BCUT2D eigenvalue weighted by Gasteiger charge is -2.21. The summed E-state index contributed by atoms with van der Waals surface area (Å²) >= 11 is 0. The molecule has 2 rings (SSSR count). The minimum atomic E-state index is -3.92. The smallest absolute Gasteiger partial charge is 0.296 e. The van der Waals surface area contributed by atoms with Crippen molar-refractivity contribution < 1.29 is 13.2 Å². The van der Waals surface area contributed by atoms with E-state index in [0.717, 1.165) is 35.1 Å². The molecule has 1 heterocycles. The molecule has 9 heteroatoms. The first-order valence-electron chi connectivity index (χ1n) is 7.09. The van der Waals surface area contributed by atoms with Crippen LogP contribution >= 0.6 is 10.9 Å². The number of ether oxygens (including phenoxy) is 1. The SMILES string of the molecule is COCCCC1=NCC[SH]1c1cccc(NS(N)(=O)=O)c1C#N. The summed E-state index contributed by atoms with van der Waals surface area (Å²) in [6, 6.07) is 7.25. The Labute approximate surface area is 139 Å². The maximum atomic E-state index is 11.3. The van der Waals surface area contributed by atoms with E-state index in [2.05, 4.69) is 15.8 Å². The molecule has 0 saturated heterocycles. The van der Waals surface area contributed by atoms with E-state index < -0.39 is 21.1 Å². The zero-order chi connectivity index (χ0) is 16.9. The summed E-state index contributed by atoms with van der Waals surface area (Å²) in [5.74, 6) is 0.880. The molecule has 0 bridgehead atoms. The lowest BCUT2D eigenvalue weighted by atomic mass is 10.2. The number of thiol groups is 1. The van der Waals surface area contributed by atoms with Gasteiger partial charge in [-0.1, -0.05) is 6.07 Å². The molecular formula is C14H20N4O3S2. The van der Waals surface area contributed by atoms with Crippen LogP contribution in [0.3, 0.4) is 0 Å². The van der Waals surface area contributed by atoms with Gasteiger partial charge in [0.15, 0.2) is 0 Å². The standard InChI is InChI=1S/C14H20N4O3S2/c1-21-8-3-6-14-17-7-9-22(14)13-5-2-4-12(11(13)10-15)18-23(16,19)20/h2,4-5,18,22H,3,6-9H2,1H3,(H2,16,19,20). The van der Waals surface area contributed by atoms with Gasteiger partial charge < -0.3 is 4.74 Å². The van der Waals surface area contributed by atoms with Gasteiger partial charge in [-0.15, -0.1) is 0 Å². The number of nitrogens with two attached hydrogens (primary N) is 1. The molecule has 126 valence electrons. The van der Waals surface area contributed by atoms with Crippen molar-refractivity contribution in [2.75, 3.05) is 30.7 Å². The van der Waals surface area contributed by atoms with Gasteiger partial charge in [0.2, 0.25) is 0 Å². The zero-order valence-corrected chi connectivity index (χ0v) is 14.5. The Hall–Kier alpha value is -1.60. The van der Waals surface area contributed by atoms with Crippen LogP contribution in [0.25, 0.3) is 0 Å². The van der Waals surface area contributed by atoms with Gasteiger partial charge in [0.1, 0.15) is 6.07 Å². The van der Waals surface area contributed by atoms with E-state index in [1.54, 1.807) is 19.2 Å². The third-order valence-electron chi connectivity index (χ3n) is 3.38. The Balaban J connectivity index is 2.31. The molecule has 0 fully saturated rings. The summed E-state index contributed by atoms with van der Waals surface area (Å²) in [5.41, 5.74) is 0.548. The van der Waals surface area contributed by atoms with Crippen molar-refractivity contribution in [3.05, 3.63) is 23.8 Å². The third-order valence-corrected chi connectivity index (χ3v) is 6.47. The Morgan fingerprint density at radius 1 is 1.52 bits per heavy atom. The largest absolute Gasteiger partial charge is 0.385 e. The fourth-order valence-corrected chi connectivity index (χ4v) is 5.42. The molecule has 1 aliphatic heterocycles. The molecule has 1 unspecified atom stereocenters. The minimum absolute atomic E-state index is 0.221. The number of nitrogens with one attached hydrogen (secondary N) is 1. The van der Waals surface area contributed by atoms with Crippen LogP contribution in [0.2, 0.25) is 0 Å². The highest BCUT2D eigenvalue weighted by Crippen LogP contribution is 2.45. The summed E-state index contributed by atoms with van der Waals surface area (Å²) in [6.45, 7) is 1.41. The van der Waals surface area contributed by atoms with Gasteiger partial charge in [0, 0.05) is 30.9 Å². The van der Waals surface area contributed by atoms with Crippen molar-refractivity contribution in [1.29, 1.82) is 5.26 Å². The first-order valence-corrected chi connectivity index (χ1v) is 10.2. The van der Waals surface area contributed by atoms with Crippen molar-refractivity contribution in [3.63, 3.8) is 0 Å². The van der Waals surface area contributed by atoms with Crippen molar-refractivity contribution in [1.82, 2.24) is 0 Å². The number of benzene rings is 1. The average molecular weight is 356 g/mol. The third kappa shape index (κ3) is 4.68. The highest BCUT2D eigenvalue weighted by molar-refractivity contribution is 8.30. The monoisotopic (exact) mass is 356 g/mol. The summed E-state index contributed by atoms with van der Waals surface area (Å²) < 4.78 is 29.8. The van der Waals surface area contributed by atoms with Crippen LogP contribution in [0.4, 0.5) is 5.69 Å². The van der Waals surface area contributed by atoms with E-state index in [9.17, 15) is 13.7 Å². The topological polar surface area (TPSA) is 118 Å². The van der Waals surface area contributed by atoms with Crippen molar-refractivity contribution in [3.8, 4) is 6.07 Å². The van der Waals surface area contributed by atoms with Crippen LogP contribution in [-0.4, -0.2) is 39.5 Å². The molecule has 0 saturated carbocycles. The minimum Gasteiger partial charge on any atom is -0.385 e. The molecule has 23 heavy (non-hydrogen) atoms. The number of aliphatic imine (C=N–C) groups is 1. The molecule has 0 aromatic heterocycles. The maximum Gasteiger partial charge on any atom is 0.296 e. The molecule has 1 aliphatic rings. The quantitative estimate of drug-likeness (QED) is 0.505. The molecule has 7 nitrogen and oxygen atoms in total. The predicted octanol–water partition coefficient (Wildman–Crippen LogP) is 1.37. The number of nitriles is 1. The molecule has 1 atom stereocenters. The number of methoxy groups -OCH3 is 1. The lowest BCUT2D eigenvalue weighted by Crippen LogP contribution is -2.22. The molecule has 0 radical (unpaired) electrons. The van der Waals surface area contributed by atoms with Crippen LogP contribution in [0, 0.1) is 11.3 Å². The normalized spacial score (nSPS) is 19.2. The molecule has 3 N–H and O–H groups in total. The number of hydrogen-bond donors (Lipinski definition) is 3. The van der Waals surface area contributed by atoms with Crippen molar-refractivity contribution >= 4 is 31.8 Å². The second-order valence-corrected chi connectivity index (χ2v) is 8.60. The van der Waals surface area contributed by atoms with Gasteiger partial charge >= 0.3 is 0 Å². The Kier molecular flexibility index (Phi) is 6.01. The van der Waals surface area contributed by atoms with Gasteiger partial charge in [-0.3, -0.25) is 9.71 Å². The van der Waals surface area contributed by atoms with E-state index in [4.69, 9.17) is 9.88 Å². The van der Waals surface area contributed by atoms with Crippen LogP contribution in [0.1, 0.15) is 18.4 Å². The Bertz CT molecular complexity index is 741. The molecule has 1 aromatic carbocycles. The maximum absolute atomic E-state index is 11.3. The van der Waals surface area contributed by atoms with Gasteiger partial charge in [-0.25, -0.2) is 5.14 Å². The molecule has 0 amide bonds. The second-order valence-electron chi connectivity index (χ2n) is 5.00. The first-order chi connectivity index (χ1) is 11.0. The molecular weight excluding hydrogens is 336 g/mol. The van der Waals surface area contributed by atoms with Crippen LogP contribution < -0.4 is 9.86 Å². The van der Waals surface area contributed by atoms with E-state index >= 15 is 0 Å². The summed E-state index contributed by atoms with van der Waals surface area (Å²) in [5, 5.41) is 15.6. The lowest BCUT2D eigenvalue weighted by molar-refractivity contribution is 0.197. The van der Waals surface area contributed by atoms with E-state index in [1.807, 2.05) is 6.07 Å². The number of anilines is 1. The van der Waals surface area contributed by atoms with Gasteiger partial charge in [-0.05, 0) is 25.0 Å². The summed E-state index contributed by atoms with van der Waals surface area (Å²) in [4.78, 5) is 5.41. The van der Waals surface area contributed by atoms with E-state index in [1.165, 1.54) is 0 Å². The Morgan fingerprint density at radius 2 is 2.30 bits per heavy atom. The second kappa shape index (κ2) is 7.79. The summed E-state index contributed by atoms with van der Waals surface area (Å²) in [6.07, 6.45) is 1.71. The highest BCUT2D eigenvalue weighted by Gasteiger charge is 2.23. The number of hydrogen-bond acceptors (Lipinski definition) is 5. The highest BCUT2D eigenvalue weighted by atomic mass is 32.2. The van der Waals surface area contributed by atoms with Crippen LogP contribution in [0.15, 0.2) is 28.1 Å². The van der Waals surface area contributed by atoms with Gasteiger partial charge in [-0.2, -0.15) is 24.6 Å². The van der Waals surface area contributed by atoms with Crippen molar-refractivity contribution in [2.24, 2.45) is 10.1 Å². The van der Waals surface area contributed by atoms with E-state index in [0.29, 0.717) is 12.2 Å². The van der Waals surface area contributed by atoms with Crippen LogP contribution in [0.5, 0.6) is 0 Å². The van der Waals surface area contributed by atoms with Gasteiger partial charge in [0.25, 0.3) is 10.2 Å². The van der Waals surface area contributed by atoms with E-state index in [-0.39, 0.29) is 5.69 Å². The predicted molar refractivity (Wildman–Crippen MR) is 93.4 cm³/mol. The molecule has 1 aromatic rings. The van der Waals surface area contributed by atoms with Gasteiger partial charge in [0.05, 0.1) is 16.3 Å². The number of nitrogens with zero attached hydrogens (tertiary/aromatic N) is 2. The zero-order valence-electron chi connectivity index (χ0n) is 12.8. The molecule has 0 spiro atoms.